The summed E-state index contributed by atoms with van der Waals surface area (Å²) in [5.41, 5.74) is 0.555. The molecule has 3 rings (SSSR count). The SMILES string of the molecule is O=C(O)n1ccc2c(F)c(Oc3cc(CO)ncn3)ccc21. The average Bonchev–Trinajstić information content (AvgIpc) is 2.95. The van der Waals surface area contributed by atoms with Gasteiger partial charge in [0, 0.05) is 17.6 Å². The molecule has 8 heteroatoms. The first kappa shape index (κ1) is 14.0. The molecular formula is C14H10FN3O4. The minimum atomic E-state index is -1.20. The number of aromatic nitrogens is 3. The van der Waals surface area contributed by atoms with Crippen molar-refractivity contribution >= 4 is 17.0 Å². The fraction of sp³-hybridized carbons (Fsp3) is 0.0714. The molecule has 0 aliphatic heterocycles. The Morgan fingerprint density at radius 3 is 2.86 bits per heavy atom. The minimum Gasteiger partial charge on any atom is -0.464 e. The van der Waals surface area contributed by atoms with E-state index in [0.29, 0.717) is 5.69 Å². The summed E-state index contributed by atoms with van der Waals surface area (Å²) in [4.78, 5) is 18.6. The highest BCUT2D eigenvalue weighted by Gasteiger charge is 2.15. The van der Waals surface area contributed by atoms with E-state index < -0.39 is 11.9 Å². The number of hydrogen-bond acceptors (Lipinski definition) is 5. The maximum absolute atomic E-state index is 14.4. The fourth-order valence-electron chi connectivity index (χ4n) is 2.04. The van der Waals surface area contributed by atoms with Gasteiger partial charge in [-0.25, -0.2) is 19.2 Å². The summed E-state index contributed by atoms with van der Waals surface area (Å²) < 4.78 is 20.6. The summed E-state index contributed by atoms with van der Waals surface area (Å²) in [5.74, 6) is -0.713. The second-order valence-corrected chi connectivity index (χ2v) is 4.39. The number of aliphatic hydroxyl groups excluding tert-OH is 1. The Morgan fingerprint density at radius 1 is 1.32 bits per heavy atom. The predicted molar refractivity (Wildman–Crippen MR) is 73.3 cm³/mol. The van der Waals surface area contributed by atoms with Crippen LogP contribution in [0.25, 0.3) is 10.9 Å². The maximum Gasteiger partial charge on any atom is 0.416 e. The van der Waals surface area contributed by atoms with Gasteiger partial charge in [0.25, 0.3) is 0 Å². The van der Waals surface area contributed by atoms with E-state index in [0.717, 1.165) is 4.57 Å². The lowest BCUT2D eigenvalue weighted by Crippen LogP contribution is -2.05. The van der Waals surface area contributed by atoms with Gasteiger partial charge in [-0.15, -0.1) is 0 Å². The van der Waals surface area contributed by atoms with Gasteiger partial charge in [-0.2, -0.15) is 0 Å². The van der Waals surface area contributed by atoms with Crippen LogP contribution in [0, 0.1) is 5.82 Å². The van der Waals surface area contributed by atoms with Crippen molar-refractivity contribution in [3.8, 4) is 11.6 Å². The zero-order valence-electron chi connectivity index (χ0n) is 11.1. The summed E-state index contributed by atoms with van der Waals surface area (Å²) in [6.45, 7) is -0.290. The third-order valence-corrected chi connectivity index (χ3v) is 3.05. The summed E-state index contributed by atoms with van der Waals surface area (Å²) >= 11 is 0. The van der Waals surface area contributed by atoms with E-state index in [1.54, 1.807) is 0 Å². The van der Waals surface area contributed by atoms with Crippen molar-refractivity contribution < 1.29 is 24.1 Å². The lowest BCUT2D eigenvalue weighted by Gasteiger charge is -2.07. The quantitative estimate of drug-likeness (QED) is 0.771. The molecule has 0 aliphatic carbocycles. The van der Waals surface area contributed by atoms with Crippen LogP contribution in [0.15, 0.2) is 36.8 Å². The summed E-state index contributed by atoms with van der Waals surface area (Å²) in [6.07, 6.45) is 1.25. The molecule has 0 bridgehead atoms. The molecular weight excluding hydrogens is 293 g/mol. The molecule has 0 fully saturated rings. The van der Waals surface area contributed by atoms with Gasteiger partial charge in [0.2, 0.25) is 5.88 Å². The number of ether oxygens (including phenoxy) is 1. The van der Waals surface area contributed by atoms with E-state index in [1.807, 2.05) is 0 Å². The van der Waals surface area contributed by atoms with Crippen LogP contribution in [0.4, 0.5) is 9.18 Å². The summed E-state index contributed by atoms with van der Waals surface area (Å²) in [7, 11) is 0. The first-order valence-electron chi connectivity index (χ1n) is 6.22. The Kier molecular flexibility index (Phi) is 3.43. The van der Waals surface area contributed by atoms with Gasteiger partial charge in [-0.05, 0) is 18.2 Å². The molecule has 2 N–H and O–H groups in total. The number of aliphatic hydroxyl groups is 1. The van der Waals surface area contributed by atoms with Crippen molar-refractivity contribution in [1.82, 2.24) is 14.5 Å². The zero-order chi connectivity index (χ0) is 15.7. The van der Waals surface area contributed by atoms with Crippen LogP contribution in [0.3, 0.4) is 0 Å². The molecule has 0 atom stereocenters. The van der Waals surface area contributed by atoms with Gasteiger partial charge in [-0.3, -0.25) is 4.57 Å². The number of rotatable bonds is 3. The van der Waals surface area contributed by atoms with Crippen LogP contribution in [0.5, 0.6) is 11.6 Å². The number of nitrogens with zero attached hydrogens (tertiary/aromatic N) is 3. The summed E-state index contributed by atoms with van der Waals surface area (Å²) in [6, 6.07) is 5.49. The first-order chi connectivity index (χ1) is 10.6. The van der Waals surface area contributed by atoms with Gasteiger partial charge in [-0.1, -0.05) is 0 Å². The van der Waals surface area contributed by atoms with Crippen molar-refractivity contribution in [2.24, 2.45) is 0 Å². The van der Waals surface area contributed by atoms with Crippen molar-refractivity contribution in [2.45, 2.75) is 6.61 Å². The van der Waals surface area contributed by atoms with Gasteiger partial charge in [0.05, 0.1) is 17.8 Å². The van der Waals surface area contributed by atoms with Crippen molar-refractivity contribution in [3.05, 3.63) is 48.3 Å². The Balaban J connectivity index is 2.01. The van der Waals surface area contributed by atoms with Gasteiger partial charge in [0.1, 0.15) is 6.33 Å². The second kappa shape index (κ2) is 5.41. The maximum atomic E-state index is 14.4. The molecule has 0 saturated heterocycles. The van der Waals surface area contributed by atoms with E-state index >= 15 is 0 Å². The number of hydrogen-bond donors (Lipinski definition) is 2. The second-order valence-electron chi connectivity index (χ2n) is 4.39. The largest absolute Gasteiger partial charge is 0.464 e. The topological polar surface area (TPSA) is 97.5 Å². The third kappa shape index (κ3) is 2.35. The first-order valence-corrected chi connectivity index (χ1v) is 6.22. The standard InChI is InChI=1S/C14H10FN3O4/c15-13-9-3-4-18(14(20)21)10(9)1-2-11(13)22-12-5-8(6-19)16-7-17-12/h1-5,7,19H,6H2,(H,20,21). The Labute approximate surface area is 123 Å². The van der Waals surface area contributed by atoms with E-state index in [9.17, 15) is 9.18 Å². The lowest BCUT2D eigenvalue weighted by molar-refractivity contribution is 0.197. The monoisotopic (exact) mass is 303 g/mol. The average molecular weight is 303 g/mol. The number of carbonyl (C=O) groups is 1. The highest BCUT2D eigenvalue weighted by atomic mass is 19.1. The number of benzene rings is 1. The van der Waals surface area contributed by atoms with Crippen LogP contribution >= 0.6 is 0 Å². The fourth-order valence-corrected chi connectivity index (χ4v) is 2.04. The number of halogens is 1. The Bertz CT molecular complexity index is 862. The molecule has 22 heavy (non-hydrogen) atoms. The molecule has 0 radical (unpaired) electrons. The molecule has 2 heterocycles. The van der Waals surface area contributed by atoms with Crippen LogP contribution in [0.2, 0.25) is 0 Å². The molecule has 112 valence electrons. The van der Waals surface area contributed by atoms with Crippen LogP contribution < -0.4 is 4.74 Å². The Hall–Kier alpha value is -3.00. The van der Waals surface area contributed by atoms with Gasteiger partial charge in [0.15, 0.2) is 11.6 Å². The van der Waals surface area contributed by atoms with E-state index in [2.05, 4.69) is 9.97 Å². The van der Waals surface area contributed by atoms with Crippen molar-refractivity contribution in [2.75, 3.05) is 0 Å². The molecule has 0 unspecified atom stereocenters. The van der Waals surface area contributed by atoms with E-state index in [-0.39, 0.29) is 29.1 Å². The third-order valence-electron chi connectivity index (χ3n) is 3.05. The molecule has 0 saturated carbocycles. The molecule has 0 aliphatic rings. The highest BCUT2D eigenvalue weighted by molar-refractivity contribution is 5.90. The number of carboxylic acid groups (broad SMARTS) is 1. The Morgan fingerprint density at radius 2 is 2.14 bits per heavy atom. The van der Waals surface area contributed by atoms with Crippen LogP contribution in [-0.2, 0) is 6.61 Å². The molecule has 3 aromatic rings. The summed E-state index contributed by atoms with van der Waals surface area (Å²) in [5, 5.41) is 18.1. The predicted octanol–water partition coefficient (Wildman–Crippen LogP) is 2.38. The smallest absolute Gasteiger partial charge is 0.416 e. The van der Waals surface area contributed by atoms with E-state index in [4.69, 9.17) is 14.9 Å². The van der Waals surface area contributed by atoms with Gasteiger partial charge < -0.3 is 14.9 Å². The molecule has 0 spiro atoms. The van der Waals surface area contributed by atoms with Crippen molar-refractivity contribution in [1.29, 1.82) is 0 Å². The highest BCUT2D eigenvalue weighted by Crippen LogP contribution is 2.30. The minimum absolute atomic E-state index is 0.0787. The van der Waals surface area contributed by atoms with Gasteiger partial charge >= 0.3 is 6.09 Å². The normalized spacial score (nSPS) is 10.8. The molecule has 7 nitrogen and oxygen atoms in total. The zero-order valence-corrected chi connectivity index (χ0v) is 11.1. The van der Waals surface area contributed by atoms with Crippen LogP contribution in [-0.4, -0.2) is 30.8 Å². The lowest BCUT2D eigenvalue weighted by atomic mass is 10.2. The van der Waals surface area contributed by atoms with E-state index in [1.165, 1.54) is 36.8 Å². The molecule has 1 aromatic carbocycles. The van der Waals surface area contributed by atoms with Crippen LogP contribution in [0.1, 0.15) is 5.69 Å². The van der Waals surface area contributed by atoms with Crippen molar-refractivity contribution in [3.63, 3.8) is 0 Å². The molecule has 2 aromatic heterocycles. The number of fused-ring (bicyclic) bond motifs is 1. The molecule has 0 amide bonds.